The highest BCUT2D eigenvalue weighted by Crippen LogP contribution is 2.35. The van der Waals surface area contributed by atoms with Gasteiger partial charge < -0.3 is 19.1 Å². The fourth-order valence-electron chi connectivity index (χ4n) is 3.23. The molecule has 6 nitrogen and oxygen atoms in total. The number of amides is 1. The Labute approximate surface area is 140 Å². The van der Waals surface area contributed by atoms with Gasteiger partial charge in [0.25, 0.3) is 0 Å². The molecule has 2 aliphatic heterocycles. The van der Waals surface area contributed by atoms with E-state index >= 15 is 0 Å². The van der Waals surface area contributed by atoms with Crippen molar-refractivity contribution in [3.8, 4) is 11.5 Å². The summed E-state index contributed by atoms with van der Waals surface area (Å²) in [5.74, 6) is 1.37. The largest absolute Gasteiger partial charge is 0.486 e. The maximum absolute atomic E-state index is 12.3. The molecule has 24 heavy (non-hydrogen) atoms. The Morgan fingerprint density at radius 3 is 2.92 bits per heavy atom. The monoisotopic (exact) mass is 331 g/mol. The lowest BCUT2D eigenvalue weighted by Gasteiger charge is -2.21. The highest BCUT2D eigenvalue weighted by molar-refractivity contribution is 5.86. The summed E-state index contributed by atoms with van der Waals surface area (Å²) >= 11 is 0. The van der Waals surface area contributed by atoms with E-state index in [1.54, 1.807) is 0 Å². The van der Waals surface area contributed by atoms with Crippen molar-refractivity contribution in [2.45, 2.75) is 25.9 Å². The molecular formula is C18H21NO5. The maximum atomic E-state index is 12.3. The third-order valence-corrected chi connectivity index (χ3v) is 4.74. The van der Waals surface area contributed by atoms with Crippen molar-refractivity contribution >= 4 is 11.9 Å². The molecular weight excluding hydrogens is 310 g/mol. The molecule has 0 radical (unpaired) electrons. The Kier molecular flexibility index (Phi) is 4.04. The van der Waals surface area contributed by atoms with Crippen molar-refractivity contribution in [3.05, 3.63) is 23.8 Å². The number of carbonyl (C=O) groups is 2. The Hall–Kier alpha value is -2.24. The predicted octanol–water partition coefficient (Wildman–Crippen LogP) is 1.76. The van der Waals surface area contributed by atoms with Crippen LogP contribution in [0.5, 0.6) is 11.5 Å². The number of hydrogen-bond acceptors (Lipinski definition) is 5. The number of para-hydroxylation sites is 1. The Balaban J connectivity index is 1.34. The van der Waals surface area contributed by atoms with Crippen molar-refractivity contribution in [2.75, 3.05) is 26.3 Å². The lowest BCUT2D eigenvalue weighted by atomic mass is 10.1. The third kappa shape index (κ3) is 3.18. The third-order valence-electron chi connectivity index (χ3n) is 4.74. The fourth-order valence-corrected chi connectivity index (χ4v) is 3.23. The van der Waals surface area contributed by atoms with Gasteiger partial charge in [-0.05, 0) is 24.8 Å². The smallest absolute Gasteiger partial charge is 0.311 e. The molecule has 0 bridgehead atoms. The molecule has 0 spiro atoms. The molecule has 1 amide bonds. The molecule has 0 aromatic heterocycles. The highest BCUT2D eigenvalue weighted by atomic mass is 16.6. The summed E-state index contributed by atoms with van der Waals surface area (Å²) in [5, 5.41) is 0. The van der Waals surface area contributed by atoms with E-state index in [-0.39, 0.29) is 30.8 Å². The molecule has 0 N–H and O–H groups in total. The molecule has 3 aliphatic rings. The van der Waals surface area contributed by atoms with Crippen LogP contribution in [0.25, 0.3) is 0 Å². The second kappa shape index (κ2) is 6.34. The molecule has 4 rings (SSSR count). The zero-order valence-electron chi connectivity index (χ0n) is 13.5. The summed E-state index contributed by atoms with van der Waals surface area (Å²) < 4.78 is 16.6. The van der Waals surface area contributed by atoms with Gasteiger partial charge in [0.05, 0.1) is 5.92 Å². The molecule has 1 saturated carbocycles. The van der Waals surface area contributed by atoms with Crippen LogP contribution in [0.3, 0.4) is 0 Å². The molecule has 1 aromatic rings. The molecule has 1 aromatic carbocycles. The Morgan fingerprint density at radius 1 is 1.25 bits per heavy atom. The first-order valence-electron chi connectivity index (χ1n) is 8.52. The fraction of sp³-hybridized carbons (Fsp3) is 0.556. The first-order valence-corrected chi connectivity index (χ1v) is 8.52. The summed E-state index contributed by atoms with van der Waals surface area (Å²) in [6.07, 6.45) is 2.65. The number of esters is 1. The zero-order chi connectivity index (χ0) is 16.5. The molecule has 1 saturated heterocycles. The van der Waals surface area contributed by atoms with Crippen molar-refractivity contribution in [3.63, 3.8) is 0 Å². The van der Waals surface area contributed by atoms with Gasteiger partial charge in [-0.2, -0.15) is 0 Å². The quantitative estimate of drug-likeness (QED) is 0.769. The number of likely N-dealkylation sites (tertiary alicyclic amines) is 1. The van der Waals surface area contributed by atoms with Crippen LogP contribution in [0.15, 0.2) is 18.2 Å². The van der Waals surface area contributed by atoms with Crippen LogP contribution in [0, 0.1) is 11.8 Å². The average Bonchev–Trinajstić information content (AvgIpc) is 3.34. The van der Waals surface area contributed by atoms with Crippen molar-refractivity contribution < 1.29 is 23.8 Å². The molecule has 1 atom stereocenters. The molecule has 2 heterocycles. The first kappa shape index (κ1) is 15.3. The molecule has 2 fully saturated rings. The van der Waals surface area contributed by atoms with E-state index in [1.165, 1.54) is 12.8 Å². The Morgan fingerprint density at radius 2 is 2.08 bits per heavy atom. The van der Waals surface area contributed by atoms with E-state index in [2.05, 4.69) is 0 Å². The van der Waals surface area contributed by atoms with Gasteiger partial charge in [0.15, 0.2) is 11.5 Å². The van der Waals surface area contributed by atoms with Crippen LogP contribution < -0.4 is 9.47 Å². The highest BCUT2D eigenvalue weighted by Gasteiger charge is 2.38. The standard InChI is InChI=1S/C18H21NO5/c20-16-8-14(10-19(16)9-12-4-5-12)18(21)24-11-13-2-1-3-15-17(13)23-7-6-22-15/h1-3,12,14H,4-11H2. The number of carbonyl (C=O) groups excluding carboxylic acids is 2. The van der Waals surface area contributed by atoms with E-state index in [0.717, 1.165) is 12.1 Å². The Bertz CT molecular complexity index is 655. The van der Waals surface area contributed by atoms with Gasteiger partial charge in [0.2, 0.25) is 5.91 Å². The van der Waals surface area contributed by atoms with Gasteiger partial charge in [-0.1, -0.05) is 12.1 Å². The van der Waals surface area contributed by atoms with Crippen molar-refractivity contribution in [1.29, 1.82) is 0 Å². The number of rotatable bonds is 5. The lowest BCUT2D eigenvalue weighted by Crippen LogP contribution is -2.28. The van der Waals surface area contributed by atoms with Gasteiger partial charge in [-0.3, -0.25) is 9.59 Å². The summed E-state index contributed by atoms with van der Waals surface area (Å²) in [5.41, 5.74) is 0.791. The van der Waals surface area contributed by atoms with E-state index in [1.807, 2.05) is 23.1 Å². The molecule has 1 aliphatic carbocycles. The van der Waals surface area contributed by atoms with Gasteiger partial charge in [0.1, 0.15) is 19.8 Å². The van der Waals surface area contributed by atoms with Crippen LogP contribution in [-0.2, 0) is 20.9 Å². The van der Waals surface area contributed by atoms with Crippen molar-refractivity contribution in [1.82, 2.24) is 4.90 Å². The van der Waals surface area contributed by atoms with Crippen LogP contribution in [0.4, 0.5) is 0 Å². The maximum Gasteiger partial charge on any atom is 0.311 e. The number of hydrogen-bond donors (Lipinski definition) is 0. The van der Waals surface area contributed by atoms with E-state index in [0.29, 0.717) is 37.2 Å². The van der Waals surface area contributed by atoms with Gasteiger partial charge in [-0.25, -0.2) is 0 Å². The molecule has 128 valence electrons. The minimum absolute atomic E-state index is 0.0673. The first-order chi connectivity index (χ1) is 11.7. The molecule has 6 heteroatoms. The van der Waals surface area contributed by atoms with E-state index in [4.69, 9.17) is 14.2 Å². The topological polar surface area (TPSA) is 65.1 Å². The second-order valence-electron chi connectivity index (χ2n) is 6.69. The number of benzene rings is 1. The van der Waals surface area contributed by atoms with Gasteiger partial charge >= 0.3 is 5.97 Å². The SMILES string of the molecule is O=C(OCc1cccc2c1OCCO2)C1CC(=O)N(CC2CC2)C1. The average molecular weight is 331 g/mol. The number of ether oxygens (including phenoxy) is 3. The summed E-state index contributed by atoms with van der Waals surface area (Å²) in [6.45, 7) is 2.43. The predicted molar refractivity (Wildman–Crippen MR) is 84.6 cm³/mol. The van der Waals surface area contributed by atoms with Gasteiger partial charge in [0, 0.05) is 25.1 Å². The van der Waals surface area contributed by atoms with Gasteiger partial charge in [-0.15, -0.1) is 0 Å². The molecule has 1 unspecified atom stereocenters. The van der Waals surface area contributed by atoms with Crippen LogP contribution in [0.2, 0.25) is 0 Å². The zero-order valence-corrected chi connectivity index (χ0v) is 13.5. The number of nitrogens with zero attached hydrogens (tertiary/aromatic N) is 1. The van der Waals surface area contributed by atoms with Crippen LogP contribution in [0.1, 0.15) is 24.8 Å². The minimum Gasteiger partial charge on any atom is -0.486 e. The van der Waals surface area contributed by atoms with Crippen LogP contribution >= 0.6 is 0 Å². The summed E-state index contributed by atoms with van der Waals surface area (Å²) in [6, 6.07) is 5.55. The van der Waals surface area contributed by atoms with Crippen molar-refractivity contribution in [2.24, 2.45) is 11.8 Å². The van der Waals surface area contributed by atoms with E-state index in [9.17, 15) is 9.59 Å². The minimum atomic E-state index is -0.354. The normalized spacial score (nSPS) is 22.6. The summed E-state index contributed by atoms with van der Waals surface area (Å²) in [7, 11) is 0. The lowest BCUT2D eigenvalue weighted by molar-refractivity contribution is -0.149. The van der Waals surface area contributed by atoms with E-state index < -0.39 is 0 Å². The number of fused-ring (bicyclic) bond motifs is 1. The second-order valence-corrected chi connectivity index (χ2v) is 6.69. The van der Waals surface area contributed by atoms with Crippen LogP contribution in [-0.4, -0.2) is 43.1 Å². The summed E-state index contributed by atoms with van der Waals surface area (Å²) in [4.78, 5) is 26.1.